The van der Waals surface area contributed by atoms with Gasteiger partial charge in [-0.15, -0.1) is 0 Å². The van der Waals surface area contributed by atoms with Gasteiger partial charge in [0.2, 0.25) is 0 Å². The molecule has 4 rings (SSSR count). The molecule has 0 spiro atoms. The van der Waals surface area contributed by atoms with Crippen molar-refractivity contribution in [1.29, 1.82) is 0 Å². The Morgan fingerprint density at radius 2 is 0.784 bits per heavy atom. The minimum atomic E-state index is -0.732. The van der Waals surface area contributed by atoms with Gasteiger partial charge in [0.1, 0.15) is 25.3 Å². The smallest absolute Gasteiger partial charge is 0.323 e. The van der Waals surface area contributed by atoms with E-state index in [9.17, 15) is 9.59 Å². The average molecular weight is 494 g/mol. The van der Waals surface area contributed by atoms with Crippen molar-refractivity contribution >= 4 is 11.9 Å². The van der Waals surface area contributed by atoms with Gasteiger partial charge in [0.15, 0.2) is 0 Å². The third-order valence-corrected chi connectivity index (χ3v) is 5.98. The van der Waals surface area contributed by atoms with Crippen LogP contribution in [0, 0.1) is 0 Å². The third-order valence-electron chi connectivity index (χ3n) is 5.98. The molecular weight excluding hydrogens is 462 g/mol. The van der Waals surface area contributed by atoms with Gasteiger partial charge in [-0.05, 0) is 35.1 Å². The van der Waals surface area contributed by atoms with Crippen LogP contribution in [0.3, 0.4) is 0 Å². The van der Waals surface area contributed by atoms with Crippen LogP contribution < -0.4 is 5.32 Å². The van der Waals surface area contributed by atoms with Crippen molar-refractivity contribution in [1.82, 2.24) is 5.32 Å². The lowest BCUT2D eigenvalue weighted by Crippen LogP contribution is -2.50. The number of hydrogen-bond acceptors (Lipinski definition) is 5. The molecule has 2 unspecified atom stereocenters. The molecule has 0 aliphatic heterocycles. The largest absolute Gasteiger partial charge is 0.460 e. The second-order valence-electron chi connectivity index (χ2n) is 8.84. The van der Waals surface area contributed by atoms with Crippen molar-refractivity contribution in [3.05, 3.63) is 144 Å². The van der Waals surface area contributed by atoms with Crippen LogP contribution in [0.2, 0.25) is 0 Å². The number of ether oxygens (including phenoxy) is 2. The maximum atomic E-state index is 13.3. The maximum Gasteiger partial charge on any atom is 0.323 e. The van der Waals surface area contributed by atoms with E-state index in [-0.39, 0.29) is 13.2 Å². The summed E-state index contributed by atoms with van der Waals surface area (Å²) in [5, 5.41) is 3.27. The Kier molecular flexibility index (Phi) is 9.62. The average Bonchev–Trinajstić information content (AvgIpc) is 2.96. The fraction of sp³-hybridized carbons (Fsp3) is 0.188. The van der Waals surface area contributed by atoms with Crippen molar-refractivity contribution in [2.24, 2.45) is 0 Å². The molecule has 0 aromatic heterocycles. The highest BCUT2D eigenvalue weighted by molar-refractivity contribution is 5.80. The molecule has 5 heteroatoms. The summed E-state index contributed by atoms with van der Waals surface area (Å²) in [7, 11) is 0. The van der Waals surface area contributed by atoms with E-state index in [1.54, 1.807) is 0 Å². The first-order valence-electron chi connectivity index (χ1n) is 12.4. The first-order chi connectivity index (χ1) is 18.2. The van der Waals surface area contributed by atoms with E-state index in [2.05, 4.69) is 5.32 Å². The Morgan fingerprint density at radius 1 is 0.486 bits per heavy atom. The Hall–Kier alpha value is -4.22. The highest BCUT2D eigenvalue weighted by Gasteiger charge is 2.29. The van der Waals surface area contributed by atoms with Crippen LogP contribution in [-0.2, 0) is 45.1 Å². The highest BCUT2D eigenvalue weighted by Crippen LogP contribution is 2.12. The quantitative estimate of drug-likeness (QED) is 0.272. The normalized spacial score (nSPS) is 12.3. The summed E-state index contributed by atoms with van der Waals surface area (Å²) in [6.07, 6.45) is 0.761. The van der Waals surface area contributed by atoms with Gasteiger partial charge in [-0.25, -0.2) is 0 Å². The minimum absolute atomic E-state index is 0.161. The van der Waals surface area contributed by atoms with Gasteiger partial charge in [-0.1, -0.05) is 121 Å². The van der Waals surface area contributed by atoms with E-state index in [0.717, 1.165) is 22.3 Å². The van der Waals surface area contributed by atoms with E-state index in [1.165, 1.54) is 0 Å². The van der Waals surface area contributed by atoms with Gasteiger partial charge in [0.25, 0.3) is 0 Å². The molecular formula is C32H31NO4. The van der Waals surface area contributed by atoms with Crippen molar-refractivity contribution in [3.8, 4) is 0 Å². The lowest BCUT2D eigenvalue weighted by atomic mass is 10.0. The molecule has 0 saturated heterocycles. The highest BCUT2D eigenvalue weighted by atomic mass is 16.5. The van der Waals surface area contributed by atoms with Crippen LogP contribution in [-0.4, -0.2) is 24.0 Å². The van der Waals surface area contributed by atoms with E-state index >= 15 is 0 Å². The van der Waals surface area contributed by atoms with E-state index in [4.69, 9.17) is 9.47 Å². The molecule has 4 aromatic carbocycles. The molecule has 0 aliphatic carbocycles. The first kappa shape index (κ1) is 25.9. The molecule has 0 fully saturated rings. The Balaban J connectivity index is 1.51. The van der Waals surface area contributed by atoms with Crippen molar-refractivity contribution in [3.63, 3.8) is 0 Å². The molecule has 4 aromatic rings. The van der Waals surface area contributed by atoms with E-state index in [1.807, 2.05) is 121 Å². The zero-order valence-corrected chi connectivity index (χ0v) is 20.7. The Morgan fingerprint density at radius 3 is 1.11 bits per heavy atom. The molecule has 0 amide bonds. The SMILES string of the molecule is O=C(OCc1ccccc1)C(Cc1ccccc1)NC(Cc1ccccc1)C(=O)OCc1ccccc1. The molecule has 5 nitrogen and oxygen atoms in total. The molecule has 0 aliphatic rings. The lowest BCUT2D eigenvalue weighted by molar-refractivity contribution is -0.151. The molecule has 37 heavy (non-hydrogen) atoms. The van der Waals surface area contributed by atoms with Gasteiger partial charge < -0.3 is 9.47 Å². The standard InChI is InChI=1S/C32H31NO4/c34-31(36-23-27-17-9-3-10-18-27)29(21-25-13-5-1-6-14-25)33-30(22-26-15-7-2-8-16-26)32(35)37-24-28-19-11-4-12-20-28/h1-20,29-30,33H,21-24H2. The van der Waals surface area contributed by atoms with Gasteiger partial charge in [-0.2, -0.15) is 0 Å². The van der Waals surface area contributed by atoms with Crippen molar-refractivity contribution < 1.29 is 19.1 Å². The van der Waals surface area contributed by atoms with Gasteiger partial charge in [0.05, 0.1) is 0 Å². The van der Waals surface area contributed by atoms with Crippen LogP contribution in [0.5, 0.6) is 0 Å². The zero-order valence-electron chi connectivity index (χ0n) is 20.7. The molecule has 0 heterocycles. The predicted molar refractivity (Wildman–Crippen MR) is 143 cm³/mol. The van der Waals surface area contributed by atoms with Crippen LogP contribution in [0.15, 0.2) is 121 Å². The second kappa shape index (κ2) is 13.8. The molecule has 0 bridgehead atoms. The first-order valence-corrected chi connectivity index (χ1v) is 12.4. The summed E-state index contributed by atoms with van der Waals surface area (Å²) in [6.45, 7) is 0.322. The lowest BCUT2D eigenvalue weighted by Gasteiger charge is -2.24. The number of carbonyl (C=O) groups is 2. The van der Waals surface area contributed by atoms with Crippen molar-refractivity contribution in [2.75, 3.05) is 0 Å². The predicted octanol–water partition coefficient (Wildman–Crippen LogP) is 5.29. The summed E-state index contributed by atoms with van der Waals surface area (Å²) in [4.78, 5) is 26.5. The number of esters is 2. The number of rotatable bonds is 12. The Bertz CT molecular complexity index is 1130. The minimum Gasteiger partial charge on any atom is -0.460 e. The number of hydrogen-bond donors (Lipinski definition) is 1. The maximum absolute atomic E-state index is 13.3. The zero-order chi connectivity index (χ0) is 25.7. The summed E-state index contributed by atoms with van der Waals surface area (Å²) in [6, 6.07) is 37.0. The molecule has 0 saturated carbocycles. The van der Waals surface area contributed by atoms with Crippen LogP contribution in [0.1, 0.15) is 22.3 Å². The molecule has 188 valence electrons. The molecule has 1 N–H and O–H groups in total. The summed E-state index contributed by atoms with van der Waals surface area (Å²) in [5.41, 5.74) is 3.73. The van der Waals surface area contributed by atoms with E-state index in [0.29, 0.717) is 12.8 Å². The topological polar surface area (TPSA) is 64.6 Å². The van der Waals surface area contributed by atoms with Crippen LogP contribution in [0.4, 0.5) is 0 Å². The molecule has 0 radical (unpaired) electrons. The summed E-state index contributed by atoms with van der Waals surface area (Å²) >= 11 is 0. The fourth-order valence-corrected chi connectivity index (χ4v) is 4.02. The van der Waals surface area contributed by atoms with Crippen LogP contribution >= 0.6 is 0 Å². The van der Waals surface area contributed by atoms with E-state index < -0.39 is 24.0 Å². The van der Waals surface area contributed by atoms with Gasteiger partial charge in [-0.3, -0.25) is 14.9 Å². The number of nitrogens with one attached hydrogen (secondary N) is 1. The Labute approximate surface area is 218 Å². The monoisotopic (exact) mass is 493 g/mol. The van der Waals surface area contributed by atoms with Crippen molar-refractivity contribution in [2.45, 2.75) is 38.1 Å². The van der Waals surface area contributed by atoms with Gasteiger partial charge in [0, 0.05) is 0 Å². The fourth-order valence-electron chi connectivity index (χ4n) is 4.02. The van der Waals surface area contributed by atoms with Gasteiger partial charge >= 0.3 is 11.9 Å². The third kappa shape index (κ3) is 8.44. The number of benzene rings is 4. The summed E-state index contributed by atoms with van der Waals surface area (Å²) < 4.78 is 11.3. The second-order valence-corrected chi connectivity index (χ2v) is 8.84. The number of carbonyl (C=O) groups excluding carboxylic acids is 2. The van der Waals surface area contributed by atoms with Crippen LogP contribution in [0.25, 0.3) is 0 Å². The molecule has 2 atom stereocenters. The summed E-state index contributed by atoms with van der Waals surface area (Å²) in [5.74, 6) is -0.830.